The molecule has 0 radical (unpaired) electrons. The fourth-order valence-electron chi connectivity index (χ4n) is 0.789. The molecule has 0 saturated heterocycles. The predicted octanol–water partition coefficient (Wildman–Crippen LogP) is -1.33. The molecule has 0 amide bonds. The number of aromatic amines is 1. The molecular formula is C6H7FN2O3. The normalized spacial score (nSPS) is 10.2. The van der Waals surface area contributed by atoms with Gasteiger partial charge in [-0.3, -0.25) is 9.36 Å². The van der Waals surface area contributed by atoms with Crippen molar-refractivity contribution in [1.82, 2.24) is 9.55 Å². The van der Waals surface area contributed by atoms with Gasteiger partial charge in [0, 0.05) is 6.20 Å². The van der Waals surface area contributed by atoms with Gasteiger partial charge in [-0.05, 0) is 0 Å². The molecule has 0 fully saturated rings. The maximum Gasteiger partial charge on any atom is 0.328 e. The first kappa shape index (κ1) is 8.66. The van der Waals surface area contributed by atoms with Crippen LogP contribution in [0.5, 0.6) is 0 Å². The van der Waals surface area contributed by atoms with Crippen molar-refractivity contribution in [2.45, 2.75) is 6.54 Å². The van der Waals surface area contributed by atoms with Crippen LogP contribution in [-0.2, 0) is 6.54 Å². The van der Waals surface area contributed by atoms with Gasteiger partial charge in [0.2, 0.25) is 5.82 Å². The first-order valence-corrected chi connectivity index (χ1v) is 3.25. The van der Waals surface area contributed by atoms with Crippen LogP contribution in [0.25, 0.3) is 0 Å². The van der Waals surface area contributed by atoms with E-state index in [0.717, 1.165) is 0 Å². The molecule has 1 rings (SSSR count). The van der Waals surface area contributed by atoms with Crippen molar-refractivity contribution in [3.8, 4) is 0 Å². The summed E-state index contributed by atoms with van der Waals surface area (Å²) in [6.45, 7) is -0.585. The van der Waals surface area contributed by atoms with Crippen LogP contribution in [0.1, 0.15) is 0 Å². The van der Waals surface area contributed by atoms with Gasteiger partial charge >= 0.3 is 5.69 Å². The Bertz CT molecular complexity index is 381. The van der Waals surface area contributed by atoms with Gasteiger partial charge in [0.25, 0.3) is 5.56 Å². The van der Waals surface area contributed by atoms with Gasteiger partial charge in [0.1, 0.15) is 0 Å². The molecule has 0 aromatic carbocycles. The molecule has 0 saturated carbocycles. The van der Waals surface area contributed by atoms with Gasteiger partial charge in [-0.2, -0.15) is 4.39 Å². The minimum Gasteiger partial charge on any atom is -0.395 e. The summed E-state index contributed by atoms with van der Waals surface area (Å²) in [7, 11) is 0. The van der Waals surface area contributed by atoms with Crippen LogP contribution in [0, 0.1) is 5.82 Å². The molecule has 0 aliphatic heterocycles. The topological polar surface area (TPSA) is 75.1 Å². The van der Waals surface area contributed by atoms with Crippen LogP contribution in [0.4, 0.5) is 4.39 Å². The Hall–Kier alpha value is -1.43. The van der Waals surface area contributed by atoms with E-state index >= 15 is 0 Å². The van der Waals surface area contributed by atoms with Gasteiger partial charge in [-0.15, -0.1) is 0 Å². The Morgan fingerprint density at radius 1 is 1.58 bits per heavy atom. The highest BCUT2D eigenvalue weighted by Gasteiger charge is 2.04. The zero-order valence-corrected chi connectivity index (χ0v) is 6.08. The molecule has 1 heterocycles. The van der Waals surface area contributed by atoms with E-state index in [1.165, 1.54) is 0 Å². The van der Waals surface area contributed by atoms with Crippen molar-refractivity contribution in [1.29, 1.82) is 0 Å². The zero-order chi connectivity index (χ0) is 9.14. The Morgan fingerprint density at radius 3 is 2.83 bits per heavy atom. The number of hydrogen-bond acceptors (Lipinski definition) is 3. The Labute approximate surface area is 66.1 Å². The lowest BCUT2D eigenvalue weighted by molar-refractivity contribution is 0.270. The van der Waals surface area contributed by atoms with Crippen molar-refractivity contribution < 1.29 is 9.50 Å². The lowest BCUT2D eigenvalue weighted by Crippen LogP contribution is -2.37. The summed E-state index contributed by atoms with van der Waals surface area (Å²) in [4.78, 5) is 23.7. The monoisotopic (exact) mass is 174 g/mol. The Kier molecular flexibility index (Phi) is 2.39. The van der Waals surface area contributed by atoms with Crippen LogP contribution in [0.15, 0.2) is 15.8 Å². The number of aromatic nitrogens is 2. The second-order valence-corrected chi connectivity index (χ2v) is 2.12. The van der Waals surface area contributed by atoms with Gasteiger partial charge in [-0.1, -0.05) is 0 Å². The average molecular weight is 174 g/mol. The largest absolute Gasteiger partial charge is 0.395 e. The van der Waals surface area contributed by atoms with Gasteiger partial charge in [0.15, 0.2) is 0 Å². The molecule has 0 aliphatic rings. The molecule has 1 aromatic rings. The van der Waals surface area contributed by atoms with Crippen molar-refractivity contribution in [2.75, 3.05) is 6.61 Å². The summed E-state index contributed by atoms with van der Waals surface area (Å²) >= 11 is 0. The van der Waals surface area contributed by atoms with Crippen molar-refractivity contribution in [3.63, 3.8) is 0 Å². The minimum absolute atomic E-state index is 0.202. The molecule has 12 heavy (non-hydrogen) atoms. The number of halogens is 1. The maximum atomic E-state index is 12.5. The lowest BCUT2D eigenvalue weighted by atomic mass is 10.5. The molecule has 0 bridgehead atoms. The van der Waals surface area contributed by atoms with Gasteiger partial charge < -0.3 is 10.1 Å². The highest BCUT2D eigenvalue weighted by atomic mass is 19.1. The number of hydrogen-bond donors (Lipinski definition) is 2. The van der Waals surface area contributed by atoms with E-state index in [1.54, 1.807) is 0 Å². The highest BCUT2D eigenvalue weighted by Crippen LogP contribution is 1.79. The highest BCUT2D eigenvalue weighted by molar-refractivity contribution is 4.87. The minimum atomic E-state index is -1.04. The van der Waals surface area contributed by atoms with E-state index in [9.17, 15) is 14.0 Å². The summed E-state index contributed by atoms with van der Waals surface area (Å²) in [6.07, 6.45) is 0.693. The van der Waals surface area contributed by atoms with Crippen molar-refractivity contribution in [2.24, 2.45) is 0 Å². The number of H-pyrrole nitrogens is 1. The molecule has 0 spiro atoms. The maximum absolute atomic E-state index is 12.5. The van der Waals surface area contributed by atoms with Crippen LogP contribution in [0.2, 0.25) is 0 Å². The fraction of sp³-hybridized carbons (Fsp3) is 0.333. The molecular weight excluding hydrogens is 167 g/mol. The first-order chi connectivity index (χ1) is 5.66. The number of aliphatic hydroxyl groups is 1. The average Bonchev–Trinajstić information content (AvgIpc) is 2.06. The molecule has 6 heteroatoms. The van der Waals surface area contributed by atoms with E-state index < -0.39 is 17.1 Å². The van der Waals surface area contributed by atoms with Crippen LogP contribution >= 0.6 is 0 Å². The third-order valence-electron chi connectivity index (χ3n) is 1.34. The van der Waals surface area contributed by atoms with E-state index in [2.05, 4.69) is 0 Å². The number of nitrogens with zero attached hydrogens (tertiary/aromatic N) is 1. The van der Waals surface area contributed by atoms with Crippen molar-refractivity contribution in [3.05, 3.63) is 32.9 Å². The van der Waals surface area contributed by atoms with Gasteiger partial charge in [-0.25, -0.2) is 4.79 Å². The molecule has 5 nitrogen and oxygen atoms in total. The lowest BCUT2D eigenvalue weighted by Gasteiger charge is -1.99. The smallest absolute Gasteiger partial charge is 0.328 e. The predicted molar refractivity (Wildman–Crippen MR) is 38.4 cm³/mol. The molecule has 0 aliphatic carbocycles. The van der Waals surface area contributed by atoms with Crippen molar-refractivity contribution >= 4 is 0 Å². The Balaban J connectivity index is 3.34. The SMILES string of the molecule is O=c1[nH]cc(F)c(=O)n1CCO. The second-order valence-electron chi connectivity index (χ2n) is 2.12. The second kappa shape index (κ2) is 3.31. The molecule has 1 aromatic heterocycles. The van der Waals surface area contributed by atoms with E-state index in [0.29, 0.717) is 10.8 Å². The van der Waals surface area contributed by atoms with Crippen LogP contribution in [0.3, 0.4) is 0 Å². The molecule has 66 valence electrons. The third-order valence-corrected chi connectivity index (χ3v) is 1.34. The van der Waals surface area contributed by atoms with Gasteiger partial charge in [0.05, 0.1) is 13.2 Å². The van der Waals surface area contributed by atoms with Crippen LogP contribution in [-0.4, -0.2) is 21.3 Å². The molecule has 0 atom stereocenters. The standard InChI is InChI=1S/C6H7FN2O3/c7-4-3-8-6(12)9(1-2-10)5(4)11/h3,10H,1-2H2,(H,8,12). The number of rotatable bonds is 2. The summed E-state index contributed by atoms with van der Waals surface area (Å²) in [5.74, 6) is -1.04. The fourth-order valence-corrected chi connectivity index (χ4v) is 0.789. The van der Waals surface area contributed by atoms with Crippen LogP contribution < -0.4 is 11.2 Å². The third kappa shape index (κ3) is 1.42. The summed E-state index contributed by atoms with van der Waals surface area (Å²) in [5, 5.41) is 8.42. The number of aliphatic hydroxyl groups excluding tert-OH is 1. The van der Waals surface area contributed by atoms with E-state index in [4.69, 9.17) is 5.11 Å². The van der Waals surface area contributed by atoms with E-state index in [1.807, 2.05) is 4.98 Å². The summed E-state index contributed by atoms with van der Waals surface area (Å²) < 4.78 is 13.1. The number of nitrogens with one attached hydrogen (secondary N) is 1. The zero-order valence-electron chi connectivity index (χ0n) is 6.08. The quantitative estimate of drug-likeness (QED) is 0.583. The first-order valence-electron chi connectivity index (χ1n) is 3.25. The molecule has 0 unspecified atom stereocenters. The van der Waals surface area contributed by atoms with E-state index in [-0.39, 0.29) is 13.2 Å². The molecule has 2 N–H and O–H groups in total. The summed E-state index contributed by atoms with van der Waals surface area (Å²) in [6, 6.07) is 0. The summed E-state index contributed by atoms with van der Waals surface area (Å²) in [5.41, 5.74) is -1.75. The Morgan fingerprint density at radius 2 is 2.25 bits per heavy atom.